The number of nitrogens with zero attached hydrogens (tertiary/aromatic N) is 2. The fraction of sp³-hybridized carbons (Fsp3) is 0.600. The molecule has 7 heteroatoms. The Balaban J connectivity index is 1.59. The molecule has 2 fully saturated rings. The summed E-state index contributed by atoms with van der Waals surface area (Å²) in [6.07, 6.45) is 3.13. The molecule has 2 aliphatic heterocycles. The van der Waals surface area contributed by atoms with E-state index in [1.165, 1.54) is 0 Å². The number of nitro benzene ring substituents is 1. The zero-order valence-corrected chi connectivity index (χ0v) is 13.9. The fourth-order valence-corrected chi connectivity index (χ4v) is 3.57. The molecule has 2 aliphatic rings. The number of nitro groups is 1. The van der Waals surface area contributed by atoms with Gasteiger partial charge in [0.05, 0.1) is 11.5 Å². The van der Waals surface area contributed by atoms with E-state index in [-0.39, 0.29) is 10.6 Å². The second-order valence-electron chi connectivity index (χ2n) is 5.89. The number of hydrogen-bond acceptors (Lipinski definition) is 5. The average Bonchev–Trinajstić information content (AvgIpc) is 3.04. The van der Waals surface area contributed by atoms with Crippen LogP contribution in [0.5, 0.6) is 0 Å². The van der Waals surface area contributed by atoms with Gasteiger partial charge in [-0.15, -0.1) is 0 Å². The molecule has 1 aromatic carbocycles. The Labute approximate surface area is 138 Å². The van der Waals surface area contributed by atoms with Crippen LogP contribution in [-0.2, 0) is 4.74 Å². The Kier molecular flexibility index (Phi) is 4.95. The molecule has 0 radical (unpaired) electrons. The molecule has 3 rings (SSSR count). The van der Waals surface area contributed by atoms with Crippen LogP contribution in [0.4, 0.5) is 11.4 Å². The zero-order valence-electron chi connectivity index (χ0n) is 12.3. The number of benzene rings is 1. The largest absolute Gasteiger partial charge is 0.380 e. The molecular formula is C15H20BrN3O3. The third-order valence-corrected chi connectivity index (χ3v) is 4.96. The highest BCUT2D eigenvalue weighted by Gasteiger charge is 2.28. The number of rotatable bonds is 4. The lowest BCUT2D eigenvalue weighted by Gasteiger charge is -2.35. The maximum atomic E-state index is 11.2. The Hall–Kier alpha value is -1.18. The highest BCUT2D eigenvalue weighted by Crippen LogP contribution is 2.30. The van der Waals surface area contributed by atoms with Gasteiger partial charge in [-0.3, -0.25) is 15.0 Å². The lowest BCUT2D eigenvalue weighted by atomic mass is 10.0. The third kappa shape index (κ3) is 3.59. The van der Waals surface area contributed by atoms with Crippen LogP contribution in [0.25, 0.3) is 0 Å². The van der Waals surface area contributed by atoms with Crippen LogP contribution in [0, 0.1) is 10.1 Å². The number of anilines is 1. The monoisotopic (exact) mass is 369 g/mol. The van der Waals surface area contributed by atoms with E-state index in [1.54, 1.807) is 12.1 Å². The second-order valence-corrected chi connectivity index (χ2v) is 6.81. The number of hydrogen-bond donors (Lipinski definition) is 1. The van der Waals surface area contributed by atoms with Crippen LogP contribution in [0.15, 0.2) is 22.7 Å². The molecule has 120 valence electrons. The van der Waals surface area contributed by atoms with Gasteiger partial charge in [-0.25, -0.2) is 0 Å². The number of ether oxygens (including phenoxy) is 1. The van der Waals surface area contributed by atoms with Crippen molar-refractivity contribution in [2.75, 3.05) is 31.6 Å². The molecule has 1 atom stereocenters. The topological polar surface area (TPSA) is 67.6 Å². The van der Waals surface area contributed by atoms with Gasteiger partial charge in [0, 0.05) is 42.3 Å². The Morgan fingerprint density at radius 2 is 2.09 bits per heavy atom. The molecule has 0 saturated carbocycles. The zero-order chi connectivity index (χ0) is 15.5. The van der Waals surface area contributed by atoms with Crippen molar-refractivity contribution >= 4 is 27.3 Å². The van der Waals surface area contributed by atoms with E-state index in [4.69, 9.17) is 4.74 Å². The molecule has 0 amide bonds. The third-order valence-electron chi connectivity index (χ3n) is 4.47. The smallest absolute Gasteiger partial charge is 0.293 e. The van der Waals surface area contributed by atoms with E-state index in [2.05, 4.69) is 26.1 Å². The molecular weight excluding hydrogens is 350 g/mol. The van der Waals surface area contributed by atoms with Gasteiger partial charge >= 0.3 is 0 Å². The summed E-state index contributed by atoms with van der Waals surface area (Å²) in [5.74, 6) is 0. The van der Waals surface area contributed by atoms with Gasteiger partial charge in [-0.1, -0.05) is 15.9 Å². The van der Waals surface area contributed by atoms with Crippen molar-refractivity contribution in [3.05, 3.63) is 32.8 Å². The first kappa shape index (κ1) is 15.7. The molecule has 22 heavy (non-hydrogen) atoms. The van der Waals surface area contributed by atoms with Crippen molar-refractivity contribution in [3.8, 4) is 0 Å². The highest BCUT2D eigenvalue weighted by atomic mass is 79.9. The number of likely N-dealkylation sites (tertiary alicyclic amines) is 1. The minimum Gasteiger partial charge on any atom is -0.380 e. The highest BCUT2D eigenvalue weighted by molar-refractivity contribution is 9.10. The summed E-state index contributed by atoms with van der Waals surface area (Å²) in [4.78, 5) is 13.3. The average molecular weight is 370 g/mol. The molecule has 2 heterocycles. The Bertz CT molecular complexity index is 541. The maximum Gasteiger partial charge on any atom is 0.293 e. The van der Waals surface area contributed by atoms with E-state index >= 15 is 0 Å². The SMILES string of the molecule is O=[N+]([O-])c1cc(Br)ccc1NC1CCN(C2CCOC2)CC1. The molecule has 6 nitrogen and oxygen atoms in total. The first-order chi connectivity index (χ1) is 10.6. The van der Waals surface area contributed by atoms with Crippen LogP contribution in [-0.4, -0.2) is 48.2 Å². The molecule has 1 unspecified atom stereocenters. The van der Waals surface area contributed by atoms with Crippen LogP contribution in [0.2, 0.25) is 0 Å². The van der Waals surface area contributed by atoms with Crippen molar-refractivity contribution in [2.45, 2.75) is 31.3 Å². The lowest BCUT2D eigenvalue weighted by molar-refractivity contribution is -0.384. The van der Waals surface area contributed by atoms with E-state index in [1.807, 2.05) is 6.07 Å². The van der Waals surface area contributed by atoms with Crippen molar-refractivity contribution in [2.24, 2.45) is 0 Å². The summed E-state index contributed by atoms with van der Waals surface area (Å²) in [6.45, 7) is 3.76. The van der Waals surface area contributed by atoms with Crippen LogP contribution < -0.4 is 5.32 Å². The van der Waals surface area contributed by atoms with Gasteiger partial charge in [-0.2, -0.15) is 0 Å². The summed E-state index contributed by atoms with van der Waals surface area (Å²) in [5.41, 5.74) is 0.733. The van der Waals surface area contributed by atoms with Crippen molar-refractivity contribution in [3.63, 3.8) is 0 Å². The number of halogens is 1. The molecule has 0 aromatic heterocycles. The van der Waals surface area contributed by atoms with Crippen LogP contribution >= 0.6 is 15.9 Å². The first-order valence-electron chi connectivity index (χ1n) is 7.66. The van der Waals surface area contributed by atoms with Crippen molar-refractivity contribution in [1.29, 1.82) is 0 Å². The minimum atomic E-state index is -0.335. The summed E-state index contributed by atoms with van der Waals surface area (Å²) >= 11 is 3.28. The van der Waals surface area contributed by atoms with Crippen LogP contribution in [0.1, 0.15) is 19.3 Å². The van der Waals surface area contributed by atoms with E-state index in [9.17, 15) is 10.1 Å². The van der Waals surface area contributed by atoms with E-state index in [0.717, 1.165) is 50.0 Å². The van der Waals surface area contributed by atoms with Gasteiger partial charge in [0.25, 0.3) is 5.69 Å². The number of nitrogens with one attached hydrogen (secondary N) is 1. The standard InChI is InChI=1S/C15H20BrN3O3/c16-11-1-2-14(15(9-11)19(20)21)17-12-3-6-18(7-4-12)13-5-8-22-10-13/h1-2,9,12-13,17H,3-8,10H2. The molecule has 0 aliphatic carbocycles. The second kappa shape index (κ2) is 6.93. The molecule has 1 aromatic rings. The predicted octanol–water partition coefficient (Wildman–Crippen LogP) is 3.02. The van der Waals surface area contributed by atoms with Gasteiger partial charge in [-0.05, 0) is 31.4 Å². The molecule has 1 N–H and O–H groups in total. The molecule has 2 saturated heterocycles. The quantitative estimate of drug-likeness (QED) is 0.652. The molecule has 0 bridgehead atoms. The number of piperidine rings is 1. The lowest BCUT2D eigenvalue weighted by Crippen LogP contribution is -2.44. The van der Waals surface area contributed by atoms with Gasteiger partial charge in [0.1, 0.15) is 5.69 Å². The minimum absolute atomic E-state index is 0.126. The van der Waals surface area contributed by atoms with Gasteiger partial charge < -0.3 is 10.1 Å². The van der Waals surface area contributed by atoms with Gasteiger partial charge in [0.15, 0.2) is 0 Å². The van der Waals surface area contributed by atoms with E-state index in [0.29, 0.717) is 17.8 Å². The van der Waals surface area contributed by atoms with Crippen LogP contribution in [0.3, 0.4) is 0 Å². The van der Waals surface area contributed by atoms with E-state index < -0.39 is 0 Å². The van der Waals surface area contributed by atoms with Crippen molar-refractivity contribution < 1.29 is 9.66 Å². The molecule has 0 spiro atoms. The summed E-state index contributed by atoms with van der Waals surface area (Å²) in [7, 11) is 0. The summed E-state index contributed by atoms with van der Waals surface area (Å²) in [6, 6.07) is 6.01. The first-order valence-corrected chi connectivity index (χ1v) is 8.45. The summed E-state index contributed by atoms with van der Waals surface area (Å²) in [5, 5.41) is 14.5. The normalized spacial score (nSPS) is 23.6. The Morgan fingerprint density at radius 1 is 1.32 bits per heavy atom. The Morgan fingerprint density at radius 3 is 2.73 bits per heavy atom. The predicted molar refractivity (Wildman–Crippen MR) is 88.2 cm³/mol. The van der Waals surface area contributed by atoms with Gasteiger partial charge in [0.2, 0.25) is 0 Å². The fourth-order valence-electron chi connectivity index (χ4n) is 3.22. The maximum absolute atomic E-state index is 11.2. The summed E-state index contributed by atoms with van der Waals surface area (Å²) < 4.78 is 6.17. The van der Waals surface area contributed by atoms with Crippen molar-refractivity contribution in [1.82, 2.24) is 4.90 Å².